The maximum absolute atomic E-state index is 13.0. The van der Waals surface area contributed by atoms with Crippen molar-refractivity contribution < 1.29 is 9.59 Å². The number of carbonyl (C=O) groups is 2. The van der Waals surface area contributed by atoms with Gasteiger partial charge in [0.05, 0.1) is 6.20 Å². The summed E-state index contributed by atoms with van der Waals surface area (Å²) in [5.74, 6) is 1.37. The van der Waals surface area contributed by atoms with Gasteiger partial charge in [-0.3, -0.25) is 4.79 Å². The van der Waals surface area contributed by atoms with E-state index in [1.165, 1.54) is 0 Å². The summed E-state index contributed by atoms with van der Waals surface area (Å²) in [6.07, 6.45) is 12.9. The lowest BCUT2D eigenvalue weighted by molar-refractivity contribution is -0.125. The van der Waals surface area contributed by atoms with Gasteiger partial charge >= 0.3 is 6.03 Å². The van der Waals surface area contributed by atoms with Crippen molar-refractivity contribution in [1.29, 1.82) is 0 Å². The number of allylic oxidation sites excluding steroid dienone is 4. The number of nitrogens with one attached hydrogen (secondary N) is 4. The number of aromatic nitrogens is 2. The number of fused-ring (bicyclic) bond motifs is 6. The number of nitrogens with zero attached hydrogens (tertiary/aromatic N) is 3. The molecule has 2 aromatic rings. The van der Waals surface area contributed by atoms with Crippen LogP contribution in [-0.4, -0.2) is 51.7 Å². The summed E-state index contributed by atoms with van der Waals surface area (Å²) in [6, 6.07) is 5.42. The molecule has 202 valence electrons. The minimum Gasteiger partial charge on any atom is -0.339 e. The zero-order chi connectivity index (χ0) is 26.9. The number of hydrogen-bond donors (Lipinski definition) is 5. The molecule has 6 N–H and O–H groups in total. The van der Waals surface area contributed by atoms with Gasteiger partial charge < -0.3 is 31.9 Å². The van der Waals surface area contributed by atoms with E-state index in [0.717, 1.165) is 53.6 Å². The second-order valence-corrected chi connectivity index (χ2v) is 12.1. The van der Waals surface area contributed by atoms with Crippen LogP contribution in [0.4, 0.5) is 27.9 Å². The third-order valence-electron chi connectivity index (χ3n) is 7.29. The normalized spacial score (nSPS) is 24.1. The maximum atomic E-state index is 13.0. The third kappa shape index (κ3) is 5.93. The summed E-state index contributed by atoms with van der Waals surface area (Å²) >= 11 is 6.38. The molecule has 4 aliphatic rings. The Kier molecular flexibility index (Phi) is 7.25. The molecule has 3 unspecified atom stereocenters. The molecule has 6 bridgehead atoms. The van der Waals surface area contributed by atoms with E-state index >= 15 is 0 Å². The summed E-state index contributed by atoms with van der Waals surface area (Å²) in [5.41, 5.74) is 9.40. The van der Waals surface area contributed by atoms with Gasteiger partial charge in [0, 0.05) is 47.3 Å². The molecule has 6 rings (SSSR count). The SMILES string of the molecule is NC1C=C(C(=O)N2CC[C@H](NC(=O)Nc3ccc4cc3CCC3C=CC=C(C3)Nc3ncc(Cl)c(n3)N4)C2)P1. The topological polar surface area (TPSA) is 137 Å². The van der Waals surface area contributed by atoms with Crippen molar-refractivity contribution in [2.24, 2.45) is 11.7 Å². The summed E-state index contributed by atoms with van der Waals surface area (Å²) < 4.78 is 0. The number of hydrogen-bond acceptors (Lipinski definition) is 7. The molecule has 4 atom stereocenters. The van der Waals surface area contributed by atoms with Crippen molar-refractivity contribution in [1.82, 2.24) is 20.2 Å². The highest BCUT2D eigenvalue weighted by Gasteiger charge is 2.32. The van der Waals surface area contributed by atoms with Crippen LogP contribution in [0.1, 0.15) is 24.8 Å². The fraction of sp³-hybridized carbons (Fsp3) is 0.333. The molecular formula is C27H30ClN8O2P. The molecule has 12 heteroatoms. The summed E-state index contributed by atoms with van der Waals surface area (Å²) in [7, 11) is 0.369. The Balaban J connectivity index is 1.16. The first-order valence-electron chi connectivity index (χ1n) is 13.1. The van der Waals surface area contributed by atoms with Crippen LogP contribution in [0.2, 0.25) is 5.02 Å². The Morgan fingerprint density at radius 2 is 2.10 bits per heavy atom. The lowest BCUT2D eigenvalue weighted by Crippen LogP contribution is -2.41. The molecule has 1 aromatic carbocycles. The highest BCUT2D eigenvalue weighted by molar-refractivity contribution is 7.48. The largest absolute Gasteiger partial charge is 0.339 e. The number of aryl methyl sites for hydroxylation is 1. The number of amides is 3. The van der Waals surface area contributed by atoms with E-state index in [1.807, 2.05) is 30.4 Å². The number of likely N-dealkylation sites (tertiary alicyclic amines) is 1. The van der Waals surface area contributed by atoms with E-state index in [1.54, 1.807) is 11.1 Å². The number of nitrogens with two attached hydrogens (primary N) is 1. The first-order chi connectivity index (χ1) is 18.9. The highest BCUT2D eigenvalue weighted by atomic mass is 35.5. The lowest BCUT2D eigenvalue weighted by Gasteiger charge is -2.25. The first-order valence-corrected chi connectivity index (χ1v) is 14.5. The van der Waals surface area contributed by atoms with Crippen LogP contribution in [0.15, 0.2) is 59.7 Å². The maximum Gasteiger partial charge on any atom is 0.319 e. The fourth-order valence-corrected chi connectivity index (χ4v) is 6.27. The molecule has 1 saturated heterocycles. The standard InChI is InChI=1S/C27H30ClN8O2P/c28-20-13-30-26-32-17-3-1-2-15(10-17)4-5-16-11-18(31-24(20)35-26)6-7-21(16)34-27(38)33-19-8-9-36(14-19)25(37)22-12-23(29)39-22/h1-3,6-7,11-13,15,19,23,39H,4-5,8-10,14,29H2,(H2,33,34,38)(H2,30,31,32,35)/t15?,19-,23?/m0/s1. The van der Waals surface area contributed by atoms with E-state index in [-0.39, 0.29) is 23.8 Å². The number of rotatable bonds is 3. The van der Waals surface area contributed by atoms with E-state index in [9.17, 15) is 9.59 Å². The Hall–Kier alpha value is -3.46. The molecule has 0 radical (unpaired) electrons. The monoisotopic (exact) mass is 564 g/mol. The number of benzene rings is 1. The van der Waals surface area contributed by atoms with Crippen molar-refractivity contribution in [2.45, 2.75) is 37.5 Å². The van der Waals surface area contributed by atoms with Crippen LogP contribution in [0.25, 0.3) is 0 Å². The minimum atomic E-state index is -0.281. The average Bonchev–Trinajstić information content (AvgIpc) is 3.36. The Morgan fingerprint density at radius 1 is 1.23 bits per heavy atom. The number of carbonyl (C=O) groups excluding carboxylic acids is 2. The molecule has 0 saturated carbocycles. The van der Waals surface area contributed by atoms with Gasteiger partial charge in [-0.1, -0.05) is 38.4 Å². The molecule has 1 aromatic heterocycles. The zero-order valence-corrected chi connectivity index (χ0v) is 23.0. The van der Waals surface area contributed by atoms with Crippen LogP contribution in [0.3, 0.4) is 0 Å². The Morgan fingerprint density at radius 3 is 2.95 bits per heavy atom. The van der Waals surface area contributed by atoms with E-state index in [2.05, 4.69) is 43.4 Å². The molecule has 3 aliphatic heterocycles. The summed E-state index contributed by atoms with van der Waals surface area (Å²) in [5, 5.41) is 13.9. The molecule has 0 spiro atoms. The minimum absolute atomic E-state index is 0.00838. The quantitative estimate of drug-likeness (QED) is 0.351. The Labute approximate surface area is 233 Å². The average molecular weight is 565 g/mol. The van der Waals surface area contributed by atoms with Crippen molar-refractivity contribution in [3.05, 3.63) is 70.3 Å². The van der Waals surface area contributed by atoms with Gasteiger partial charge in [-0.2, -0.15) is 4.98 Å². The van der Waals surface area contributed by atoms with Crippen LogP contribution in [0.5, 0.6) is 0 Å². The second kappa shape index (κ2) is 11.0. The van der Waals surface area contributed by atoms with Gasteiger partial charge in [0.2, 0.25) is 5.95 Å². The highest BCUT2D eigenvalue weighted by Crippen LogP contribution is 2.39. The predicted molar refractivity (Wildman–Crippen MR) is 156 cm³/mol. The Bertz CT molecular complexity index is 1410. The van der Waals surface area contributed by atoms with E-state index < -0.39 is 0 Å². The first kappa shape index (κ1) is 25.8. The molecular weight excluding hydrogens is 535 g/mol. The van der Waals surface area contributed by atoms with Gasteiger partial charge in [0.15, 0.2) is 5.82 Å². The summed E-state index contributed by atoms with van der Waals surface area (Å²) in [6.45, 7) is 1.12. The van der Waals surface area contributed by atoms with Crippen molar-refractivity contribution >= 4 is 55.3 Å². The van der Waals surface area contributed by atoms with Crippen LogP contribution in [-0.2, 0) is 11.2 Å². The van der Waals surface area contributed by atoms with Crippen molar-refractivity contribution in [3.63, 3.8) is 0 Å². The smallest absolute Gasteiger partial charge is 0.319 e. The number of urea groups is 1. The van der Waals surface area contributed by atoms with Gasteiger partial charge in [-0.25, -0.2) is 9.78 Å². The molecule has 4 heterocycles. The molecule has 39 heavy (non-hydrogen) atoms. The molecule has 3 amide bonds. The van der Waals surface area contributed by atoms with Crippen molar-refractivity contribution in [2.75, 3.05) is 29.0 Å². The zero-order valence-electron chi connectivity index (χ0n) is 21.2. The molecule has 1 aliphatic carbocycles. The van der Waals surface area contributed by atoms with Crippen LogP contribution >= 0.6 is 20.2 Å². The van der Waals surface area contributed by atoms with Crippen LogP contribution < -0.4 is 27.0 Å². The third-order valence-corrected chi connectivity index (χ3v) is 8.76. The van der Waals surface area contributed by atoms with Gasteiger partial charge in [0.25, 0.3) is 5.91 Å². The van der Waals surface area contributed by atoms with Crippen LogP contribution in [0, 0.1) is 5.92 Å². The summed E-state index contributed by atoms with van der Waals surface area (Å²) in [4.78, 5) is 36.3. The number of halogens is 1. The molecule has 10 nitrogen and oxygen atoms in total. The predicted octanol–water partition coefficient (Wildman–Crippen LogP) is 4.27. The fourth-order valence-electron chi connectivity index (χ4n) is 5.24. The van der Waals surface area contributed by atoms with Gasteiger partial charge in [-0.05, 0) is 61.4 Å². The van der Waals surface area contributed by atoms with E-state index in [4.69, 9.17) is 17.3 Å². The van der Waals surface area contributed by atoms with E-state index in [0.29, 0.717) is 44.4 Å². The number of anilines is 4. The van der Waals surface area contributed by atoms with Gasteiger partial charge in [-0.15, -0.1) is 0 Å². The van der Waals surface area contributed by atoms with Gasteiger partial charge in [0.1, 0.15) is 5.02 Å². The lowest BCUT2D eigenvalue weighted by atomic mass is 9.91. The second-order valence-electron chi connectivity index (χ2n) is 10.2. The molecule has 1 fully saturated rings. The van der Waals surface area contributed by atoms with Crippen molar-refractivity contribution in [3.8, 4) is 0 Å².